The molecule has 204 valence electrons. The normalized spacial score (nSPS) is 27.3. The highest BCUT2D eigenvalue weighted by molar-refractivity contribution is 6.07. The van der Waals surface area contributed by atoms with Gasteiger partial charge in [-0.05, 0) is 71.0 Å². The number of fused-ring (bicyclic) bond motifs is 1. The van der Waals surface area contributed by atoms with E-state index in [1.54, 1.807) is 0 Å². The van der Waals surface area contributed by atoms with Gasteiger partial charge in [0, 0.05) is 50.6 Å². The molecule has 38 heavy (non-hydrogen) atoms. The Bertz CT molecular complexity index is 1220. The van der Waals surface area contributed by atoms with Crippen LogP contribution in [-0.2, 0) is 9.53 Å². The van der Waals surface area contributed by atoms with Gasteiger partial charge in [0.25, 0.3) is 5.91 Å². The Morgan fingerprint density at radius 2 is 1.79 bits per heavy atom. The molecule has 5 heterocycles. The number of amides is 1. The smallest absolute Gasteiger partial charge is 0.314 e. The van der Waals surface area contributed by atoms with Crippen LogP contribution in [-0.4, -0.2) is 88.8 Å². The molecule has 0 aliphatic carbocycles. The van der Waals surface area contributed by atoms with Gasteiger partial charge >= 0.3 is 5.97 Å². The van der Waals surface area contributed by atoms with Crippen LogP contribution in [0, 0.1) is 5.41 Å². The number of rotatable bonds is 3. The molecule has 0 radical (unpaired) electrons. The number of carbonyl (C=O) groups excluding carboxylic acids is 2. The first-order valence-electron chi connectivity index (χ1n) is 14.3. The minimum absolute atomic E-state index is 0.0246. The Kier molecular flexibility index (Phi) is 6.59. The number of carbonyl (C=O) groups is 2. The number of piperidine rings is 3. The molecule has 4 fully saturated rings. The van der Waals surface area contributed by atoms with Crippen LogP contribution in [0.5, 0.6) is 0 Å². The van der Waals surface area contributed by atoms with E-state index in [9.17, 15) is 14.7 Å². The summed E-state index contributed by atoms with van der Waals surface area (Å²) in [6, 6.07) is 10.2. The second-order valence-corrected chi connectivity index (χ2v) is 12.5. The molecule has 1 amide bonds. The van der Waals surface area contributed by atoms with E-state index in [2.05, 4.69) is 9.80 Å². The van der Waals surface area contributed by atoms with E-state index in [0.717, 1.165) is 87.8 Å². The van der Waals surface area contributed by atoms with E-state index < -0.39 is 0 Å². The number of benzene rings is 1. The number of aliphatic hydroxyl groups is 1. The molecule has 1 aromatic heterocycles. The highest BCUT2D eigenvalue weighted by atomic mass is 16.6. The van der Waals surface area contributed by atoms with Crippen LogP contribution in [0.4, 0.5) is 5.82 Å². The molecule has 8 nitrogen and oxygen atoms in total. The van der Waals surface area contributed by atoms with Gasteiger partial charge in [-0.1, -0.05) is 18.2 Å². The third kappa shape index (κ3) is 4.77. The van der Waals surface area contributed by atoms with E-state index in [1.165, 1.54) is 0 Å². The van der Waals surface area contributed by atoms with Crippen molar-refractivity contribution >= 4 is 28.6 Å². The van der Waals surface area contributed by atoms with E-state index >= 15 is 0 Å². The third-order valence-electron chi connectivity index (χ3n) is 9.16. The average Bonchev–Trinajstić information content (AvgIpc) is 3.14. The van der Waals surface area contributed by atoms with Crippen molar-refractivity contribution in [3.63, 3.8) is 0 Å². The summed E-state index contributed by atoms with van der Waals surface area (Å²) in [4.78, 5) is 38.2. The SMILES string of the molecule is CC1(C)CC2(CCCN(C3CCN(C(=O)c4cc(N5CCC(O)CC5)nc5ccccc45)CC3)C2)C(=O)O1. The molecule has 6 rings (SSSR count). The number of aliphatic hydroxyl groups excluding tert-OH is 1. The van der Waals surface area contributed by atoms with Gasteiger partial charge in [0.2, 0.25) is 0 Å². The number of para-hydroxylation sites is 1. The number of hydrogen-bond donors (Lipinski definition) is 1. The fourth-order valence-corrected chi connectivity index (χ4v) is 7.27. The maximum atomic E-state index is 13.9. The van der Waals surface area contributed by atoms with Crippen LogP contribution in [0.1, 0.15) is 69.2 Å². The summed E-state index contributed by atoms with van der Waals surface area (Å²) in [6.07, 6.45) is 5.74. The number of ether oxygens (including phenoxy) is 1. The van der Waals surface area contributed by atoms with Gasteiger partial charge in [-0.2, -0.15) is 0 Å². The molecule has 4 saturated heterocycles. The van der Waals surface area contributed by atoms with Crippen molar-refractivity contribution in [1.29, 1.82) is 0 Å². The lowest BCUT2D eigenvalue weighted by Crippen LogP contribution is -2.53. The molecule has 2 aromatic rings. The van der Waals surface area contributed by atoms with Gasteiger partial charge in [-0.3, -0.25) is 14.5 Å². The lowest BCUT2D eigenvalue weighted by atomic mass is 9.74. The van der Waals surface area contributed by atoms with Crippen molar-refractivity contribution < 1.29 is 19.4 Å². The van der Waals surface area contributed by atoms with Crippen molar-refractivity contribution in [3.8, 4) is 0 Å². The molecule has 1 spiro atoms. The van der Waals surface area contributed by atoms with Crippen LogP contribution >= 0.6 is 0 Å². The summed E-state index contributed by atoms with van der Waals surface area (Å²) in [5.41, 5.74) is 0.795. The first kappa shape index (κ1) is 25.6. The Morgan fingerprint density at radius 1 is 1.05 bits per heavy atom. The second kappa shape index (κ2) is 9.79. The fourth-order valence-electron chi connectivity index (χ4n) is 7.27. The molecule has 1 unspecified atom stereocenters. The maximum absolute atomic E-state index is 13.9. The molecule has 1 N–H and O–H groups in total. The van der Waals surface area contributed by atoms with Crippen LogP contribution < -0.4 is 4.90 Å². The van der Waals surface area contributed by atoms with E-state index in [-0.39, 0.29) is 29.0 Å². The number of hydrogen-bond acceptors (Lipinski definition) is 7. The largest absolute Gasteiger partial charge is 0.459 e. The second-order valence-electron chi connectivity index (χ2n) is 12.5. The van der Waals surface area contributed by atoms with Gasteiger partial charge in [-0.15, -0.1) is 0 Å². The molecular formula is C30H40N4O4. The minimum atomic E-state index is -0.379. The standard InChI is InChI=1S/C30H40N4O4/c1-29(2)19-30(28(37)38-29)12-5-13-34(20-30)21-8-14-33(15-9-21)27(36)24-18-26(32-16-10-22(35)11-17-32)31-25-7-4-3-6-23(24)25/h3-4,6-7,18,21-22,35H,5,8-17,19-20H2,1-2H3. The number of likely N-dealkylation sites (tertiary alicyclic amines) is 2. The van der Waals surface area contributed by atoms with Crippen LogP contribution in [0.3, 0.4) is 0 Å². The summed E-state index contributed by atoms with van der Waals surface area (Å²) in [5.74, 6) is 0.860. The van der Waals surface area contributed by atoms with Crippen LogP contribution in [0.2, 0.25) is 0 Å². The Hall–Kier alpha value is -2.71. The van der Waals surface area contributed by atoms with Gasteiger partial charge in [-0.25, -0.2) is 4.98 Å². The van der Waals surface area contributed by atoms with Crippen LogP contribution in [0.25, 0.3) is 10.9 Å². The predicted molar refractivity (Wildman–Crippen MR) is 146 cm³/mol. The maximum Gasteiger partial charge on any atom is 0.314 e. The van der Waals surface area contributed by atoms with Crippen molar-refractivity contribution in [3.05, 3.63) is 35.9 Å². The van der Waals surface area contributed by atoms with Crippen molar-refractivity contribution in [1.82, 2.24) is 14.8 Å². The fraction of sp³-hybridized carbons (Fsp3) is 0.633. The van der Waals surface area contributed by atoms with Crippen molar-refractivity contribution in [2.45, 2.75) is 76.5 Å². The van der Waals surface area contributed by atoms with E-state index in [4.69, 9.17) is 9.72 Å². The van der Waals surface area contributed by atoms with E-state index in [0.29, 0.717) is 24.7 Å². The Morgan fingerprint density at radius 3 is 2.50 bits per heavy atom. The molecular weight excluding hydrogens is 480 g/mol. The highest BCUT2D eigenvalue weighted by Gasteiger charge is 2.54. The number of pyridine rings is 1. The Balaban J connectivity index is 1.16. The topological polar surface area (TPSA) is 86.2 Å². The predicted octanol–water partition coefficient (Wildman–Crippen LogP) is 3.61. The molecule has 0 saturated carbocycles. The zero-order valence-electron chi connectivity index (χ0n) is 22.7. The summed E-state index contributed by atoms with van der Waals surface area (Å²) in [6.45, 7) is 8.74. The number of nitrogens with zero attached hydrogens (tertiary/aromatic N) is 4. The minimum Gasteiger partial charge on any atom is -0.459 e. The Labute approximate surface area is 224 Å². The lowest BCUT2D eigenvalue weighted by Gasteiger charge is -2.45. The van der Waals surface area contributed by atoms with E-state index in [1.807, 2.05) is 49.1 Å². The summed E-state index contributed by atoms with van der Waals surface area (Å²) in [5, 5.41) is 10.8. The quantitative estimate of drug-likeness (QED) is 0.619. The van der Waals surface area contributed by atoms with Gasteiger partial charge in [0.05, 0.1) is 22.6 Å². The summed E-state index contributed by atoms with van der Waals surface area (Å²) >= 11 is 0. The number of anilines is 1. The molecule has 4 aliphatic heterocycles. The zero-order chi connectivity index (χ0) is 26.5. The highest BCUT2D eigenvalue weighted by Crippen LogP contribution is 2.46. The zero-order valence-corrected chi connectivity index (χ0v) is 22.7. The van der Waals surface area contributed by atoms with Gasteiger partial charge in [0.1, 0.15) is 11.4 Å². The number of cyclic esters (lactones) is 1. The number of aromatic nitrogens is 1. The van der Waals surface area contributed by atoms with Crippen LogP contribution in [0.15, 0.2) is 30.3 Å². The average molecular weight is 521 g/mol. The molecule has 1 atom stereocenters. The summed E-state index contributed by atoms with van der Waals surface area (Å²) in [7, 11) is 0. The number of esters is 1. The molecule has 4 aliphatic rings. The van der Waals surface area contributed by atoms with Gasteiger partial charge < -0.3 is 19.6 Å². The van der Waals surface area contributed by atoms with Crippen molar-refractivity contribution in [2.75, 3.05) is 44.2 Å². The van der Waals surface area contributed by atoms with Gasteiger partial charge in [0.15, 0.2) is 0 Å². The first-order chi connectivity index (χ1) is 18.2. The molecule has 0 bridgehead atoms. The molecule has 8 heteroatoms. The summed E-state index contributed by atoms with van der Waals surface area (Å²) < 4.78 is 5.73. The first-order valence-corrected chi connectivity index (χ1v) is 14.3. The third-order valence-corrected chi connectivity index (χ3v) is 9.16. The molecule has 1 aromatic carbocycles. The lowest BCUT2D eigenvalue weighted by molar-refractivity contribution is -0.154. The monoisotopic (exact) mass is 520 g/mol. The van der Waals surface area contributed by atoms with Crippen molar-refractivity contribution in [2.24, 2.45) is 5.41 Å².